The third-order valence-electron chi connectivity index (χ3n) is 17.2. The highest BCUT2D eigenvalue weighted by atomic mass is 31.2. The zero-order valence-electron chi connectivity index (χ0n) is 65.7. The number of phosphoric ester groups is 2. The van der Waals surface area contributed by atoms with Crippen LogP contribution in [0.3, 0.4) is 0 Å². The fourth-order valence-corrected chi connectivity index (χ4v) is 12.5. The maximum absolute atomic E-state index is 13.1. The molecule has 0 aliphatic heterocycles. The zero-order chi connectivity index (χ0) is 76.0. The van der Waals surface area contributed by atoms with Crippen molar-refractivity contribution in [2.75, 3.05) is 39.6 Å². The lowest BCUT2D eigenvalue weighted by Gasteiger charge is -2.21. The Morgan fingerprint density at radius 3 is 0.798 bits per heavy atom. The van der Waals surface area contributed by atoms with Gasteiger partial charge in [-0.15, -0.1) is 0 Å². The quantitative estimate of drug-likeness (QED) is 0.0169. The minimum atomic E-state index is -4.98. The summed E-state index contributed by atoms with van der Waals surface area (Å²) in [6.07, 6.45) is 83.4. The first kappa shape index (κ1) is 99.7. The van der Waals surface area contributed by atoms with E-state index in [1.165, 1.54) is 70.6 Å². The predicted molar refractivity (Wildman–Crippen MR) is 427 cm³/mol. The molecule has 0 rings (SSSR count). The summed E-state index contributed by atoms with van der Waals surface area (Å²) < 4.78 is 68.6. The molecule has 0 saturated carbocycles. The Balaban J connectivity index is 5.34. The van der Waals surface area contributed by atoms with Gasteiger partial charge in [0.05, 0.1) is 26.4 Å². The number of carbonyl (C=O) groups is 4. The molecule has 0 amide bonds. The van der Waals surface area contributed by atoms with Crippen molar-refractivity contribution in [3.05, 3.63) is 109 Å². The second-order valence-electron chi connectivity index (χ2n) is 27.3. The van der Waals surface area contributed by atoms with Crippen LogP contribution >= 0.6 is 15.6 Å². The van der Waals surface area contributed by atoms with Gasteiger partial charge >= 0.3 is 39.5 Å². The second kappa shape index (κ2) is 76.9. The first-order chi connectivity index (χ1) is 50.7. The molecule has 5 atom stereocenters. The molecule has 104 heavy (non-hydrogen) atoms. The molecule has 17 nitrogen and oxygen atoms in total. The third-order valence-corrected chi connectivity index (χ3v) is 19.1. The van der Waals surface area contributed by atoms with E-state index >= 15 is 0 Å². The van der Waals surface area contributed by atoms with Crippen LogP contribution in [0.4, 0.5) is 0 Å². The highest BCUT2D eigenvalue weighted by Crippen LogP contribution is 2.45. The Hall–Kier alpha value is -4.28. The predicted octanol–water partition coefficient (Wildman–Crippen LogP) is 24.1. The number of carbonyl (C=O) groups excluding carboxylic acids is 4. The number of ether oxygens (including phenoxy) is 4. The van der Waals surface area contributed by atoms with Gasteiger partial charge in [0.1, 0.15) is 19.3 Å². The molecule has 0 spiro atoms. The first-order valence-corrected chi connectivity index (χ1v) is 44.1. The number of aliphatic hydroxyl groups excluding tert-OH is 1. The summed E-state index contributed by atoms with van der Waals surface area (Å²) in [5.74, 6) is -2.21. The van der Waals surface area contributed by atoms with Crippen molar-refractivity contribution in [1.82, 2.24) is 0 Å². The van der Waals surface area contributed by atoms with Gasteiger partial charge < -0.3 is 33.8 Å². The molecule has 0 aromatic rings. The monoisotopic (exact) mass is 1500 g/mol. The summed E-state index contributed by atoms with van der Waals surface area (Å²) in [6.45, 7) is 4.69. The van der Waals surface area contributed by atoms with E-state index in [0.717, 1.165) is 199 Å². The Labute approximate surface area is 632 Å². The van der Waals surface area contributed by atoms with E-state index in [1.807, 2.05) is 0 Å². The van der Waals surface area contributed by atoms with E-state index < -0.39 is 97.5 Å². The van der Waals surface area contributed by atoms with Gasteiger partial charge in [0.25, 0.3) is 0 Å². The van der Waals surface area contributed by atoms with E-state index in [4.69, 9.17) is 37.0 Å². The molecule has 0 aromatic heterocycles. The standard InChI is InChI=1S/C85H148O17P2/c1-5-9-13-17-21-25-29-33-35-37-39-41-43-47-49-53-57-61-65-69-82(87)95-75-80(101-84(89)71-67-63-59-55-51-45-31-27-23-19-15-11-7-3)77-99-103(91,92)97-73-79(86)74-98-104(93,94)100-78-81(102-85(90)72-68-64-60-56-52-46-32-28-24-20-16-12-8-4)76-96-83(88)70-66-62-58-54-50-48-44-42-40-38-36-34-30-26-22-18-14-10-6-2/h9,13,21-22,25-28,31-36,39-42,79-81,86H,5-8,10-12,14-20,23-24,29-30,37-38,43-78H2,1-4H3,(H,91,92)(H,93,94)/b13-9-,25-21-,26-22-,31-27-,32-28-,35-33-,36-34-,41-39-,42-40-. The molecule has 0 fully saturated rings. The van der Waals surface area contributed by atoms with Crippen molar-refractivity contribution in [1.29, 1.82) is 0 Å². The molecule has 0 heterocycles. The normalized spacial score (nSPS) is 14.4. The molecule has 0 saturated heterocycles. The summed E-state index contributed by atoms with van der Waals surface area (Å²) in [5, 5.41) is 10.6. The highest BCUT2D eigenvalue weighted by Gasteiger charge is 2.30. The molecule has 0 bridgehead atoms. The average Bonchev–Trinajstić information content (AvgIpc) is 0.913. The Morgan fingerprint density at radius 2 is 0.500 bits per heavy atom. The fraction of sp³-hybridized carbons (Fsp3) is 0.741. The van der Waals surface area contributed by atoms with E-state index in [1.54, 1.807) is 0 Å². The van der Waals surface area contributed by atoms with Crippen molar-refractivity contribution in [2.45, 2.75) is 367 Å². The summed E-state index contributed by atoms with van der Waals surface area (Å²) in [7, 11) is -9.97. The van der Waals surface area contributed by atoms with Crippen LogP contribution in [0.1, 0.15) is 349 Å². The summed E-state index contributed by atoms with van der Waals surface area (Å²) in [6, 6.07) is 0. The van der Waals surface area contributed by atoms with Gasteiger partial charge in [-0.25, -0.2) is 9.13 Å². The van der Waals surface area contributed by atoms with Gasteiger partial charge in [-0.3, -0.25) is 37.3 Å². The molecule has 0 aliphatic rings. The lowest BCUT2D eigenvalue weighted by atomic mass is 10.1. The van der Waals surface area contributed by atoms with E-state index in [9.17, 15) is 43.2 Å². The average molecular weight is 1500 g/mol. The highest BCUT2D eigenvalue weighted by molar-refractivity contribution is 7.47. The molecular weight excluding hydrogens is 1350 g/mol. The van der Waals surface area contributed by atoms with Gasteiger partial charge in [-0.2, -0.15) is 0 Å². The van der Waals surface area contributed by atoms with Crippen molar-refractivity contribution in [3.63, 3.8) is 0 Å². The van der Waals surface area contributed by atoms with Gasteiger partial charge in [-0.1, -0.05) is 278 Å². The number of phosphoric acid groups is 2. The number of aliphatic hydroxyl groups is 1. The minimum absolute atomic E-state index is 0.0807. The van der Waals surface area contributed by atoms with Crippen molar-refractivity contribution in [3.8, 4) is 0 Å². The van der Waals surface area contributed by atoms with Crippen LogP contribution in [0.15, 0.2) is 109 Å². The van der Waals surface area contributed by atoms with Gasteiger partial charge in [-0.05, 0) is 154 Å². The third kappa shape index (κ3) is 75.9. The summed E-state index contributed by atoms with van der Waals surface area (Å²) in [4.78, 5) is 73.1. The lowest BCUT2D eigenvalue weighted by Crippen LogP contribution is -2.30. The van der Waals surface area contributed by atoms with Crippen LogP contribution in [-0.2, 0) is 65.4 Å². The summed E-state index contributed by atoms with van der Waals surface area (Å²) >= 11 is 0. The lowest BCUT2D eigenvalue weighted by molar-refractivity contribution is -0.161. The Morgan fingerprint density at radius 1 is 0.279 bits per heavy atom. The van der Waals surface area contributed by atoms with Crippen LogP contribution in [0.5, 0.6) is 0 Å². The molecule has 0 radical (unpaired) electrons. The molecule has 5 unspecified atom stereocenters. The Bertz CT molecular complexity index is 2390. The zero-order valence-corrected chi connectivity index (χ0v) is 67.5. The van der Waals surface area contributed by atoms with Crippen LogP contribution in [0.2, 0.25) is 0 Å². The first-order valence-electron chi connectivity index (χ1n) is 41.1. The number of unbranched alkanes of at least 4 members (excludes halogenated alkanes) is 33. The van der Waals surface area contributed by atoms with Crippen LogP contribution in [0, 0.1) is 0 Å². The maximum Gasteiger partial charge on any atom is 0.472 e. The minimum Gasteiger partial charge on any atom is -0.462 e. The van der Waals surface area contributed by atoms with E-state index in [-0.39, 0.29) is 25.7 Å². The van der Waals surface area contributed by atoms with Crippen LogP contribution in [-0.4, -0.2) is 96.7 Å². The smallest absolute Gasteiger partial charge is 0.462 e. The van der Waals surface area contributed by atoms with Gasteiger partial charge in [0, 0.05) is 25.7 Å². The number of allylic oxidation sites excluding steroid dienone is 18. The number of rotatable bonds is 77. The molecule has 0 aromatic carbocycles. The van der Waals surface area contributed by atoms with E-state index in [2.05, 4.69) is 137 Å². The number of esters is 4. The van der Waals surface area contributed by atoms with Crippen molar-refractivity contribution >= 4 is 39.5 Å². The van der Waals surface area contributed by atoms with Gasteiger partial charge in [0.2, 0.25) is 0 Å². The summed E-state index contributed by atoms with van der Waals surface area (Å²) in [5.41, 5.74) is 0. The van der Waals surface area contributed by atoms with Crippen molar-refractivity contribution < 1.29 is 80.2 Å². The largest absolute Gasteiger partial charge is 0.472 e. The maximum atomic E-state index is 13.1. The van der Waals surface area contributed by atoms with E-state index in [0.29, 0.717) is 25.7 Å². The molecule has 19 heteroatoms. The molecule has 3 N–H and O–H groups in total. The molecule has 0 aliphatic carbocycles. The van der Waals surface area contributed by atoms with Crippen LogP contribution < -0.4 is 0 Å². The number of hydrogen-bond acceptors (Lipinski definition) is 15. The second-order valence-corrected chi connectivity index (χ2v) is 30.2. The van der Waals surface area contributed by atoms with Gasteiger partial charge in [0.15, 0.2) is 12.2 Å². The topological polar surface area (TPSA) is 237 Å². The van der Waals surface area contributed by atoms with Crippen molar-refractivity contribution in [2.24, 2.45) is 0 Å². The SMILES string of the molecule is CC/C=C\C/C=C\C/C=C\C/C=C\CCCCCCCCC(=O)OCC(COP(=O)(O)OCC(O)COP(=O)(O)OCC(COC(=O)CCCCCCCC/C=C\C/C=C\C/C=C\CCCCC)OC(=O)CCCCCCC/C=C\CCCCCC)OC(=O)CCCCCCC/C=C\CCCCCC. The Kier molecular flexibility index (Phi) is 73.7. The molecule has 600 valence electrons. The number of hydrogen-bond donors (Lipinski definition) is 3. The fourth-order valence-electron chi connectivity index (χ4n) is 10.9. The molecular formula is C85H148O17P2. The van der Waals surface area contributed by atoms with Crippen LogP contribution in [0.25, 0.3) is 0 Å².